The first kappa shape index (κ1) is 27.5. The van der Waals surface area contributed by atoms with Gasteiger partial charge in [0.2, 0.25) is 0 Å². The van der Waals surface area contributed by atoms with Crippen LogP contribution in [0.25, 0.3) is 0 Å². The van der Waals surface area contributed by atoms with Crippen molar-refractivity contribution < 1.29 is 9.90 Å². The van der Waals surface area contributed by atoms with Gasteiger partial charge in [-0.15, -0.1) is 0 Å². The average Bonchev–Trinajstić information content (AvgIpc) is 2.71. The number of aliphatic carboxylic acids is 1. The van der Waals surface area contributed by atoms with Crippen LogP contribution in [0.3, 0.4) is 0 Å². The summed E-state index contributed by atoms with van der Waals surface area (Å²) in [5.41, 5.74) is 6.05. The molecule has 0 amide bonds. The molecule has 1 aliphatic carbocycles. The lowest BCUT2D eigenvalue weighted by Gasteiger charge is -2.28. The van der Waals surface area contributed by atoms with Crippen LogP contribution in [-0.2, 0) is 4.79 Å². The third-order valence-corrected chi connectivity index (χ3v) is 7.35. The minimum absolute atomic E-state index is 0.249. The van der Waals surface area contributed by atoms with Crippen LogP contribution in [0.4, 0.5) is 0 Å². The zero-order valence-electron chi connectivity index (χ0n) is 21.3. The molecule has 0 saturated heterocycles. The van der Waals surface area contributed by atoms with E-state index in [1.807, 2.05) is 0 Å². The summed E-state index contributed by atoms with van der Waals surface area (Å²) in [7, 11) is 0. The summed E-state index contributed by atoms with van der Waals surface area (Å²) in [6.45, 7) is 15.6. The number of allylic oxidation sites excluding steroid dienone is 8. The van der Waals surface area contributed by atoms with Crippen LogP contribution in [0.2, 0.25) is 0 Å². The predicted octanol–water partition coefficient (Wildman–Crippen LogP) is 8.91. The van der Waals surface area contributed by atoms with Crippen molar-refractivity contribution >= 4 is 5.97 Å². The van der Waals surface area contributed by atoms with Crippen LogP contribution in [0.1, 0.15) is 106 Å². The maximum Gasteiger partial charge on any atom is 0.306 e. The summed E-state index contributed by atoms with van der Waals surface area (Å²) >= 11 is 0. The lowest BCUT2D eigenvalue weighted by molar-refractivity contribution is -0.141. The Bertz CT molecular complexity index is 677. The first-order valence-electron chi connectivity index (χ1n) is 12.5. The van der Waals surface area contributed by atoms with E-state index in [2.05, 4.69) is 65.8 Å². The minimum atomic E-state index is -0.693. The highest BCUT2D eigenvalue weighted by molar-refractivity contribution is 5.69. The Morgan fingerprint density at radius 2 is 1.61 bits per heavy atom. The molecule has 0 aliphatic heterocycles. The molecule has 176 valence electrons. The molecule has 0 spiro atoms. The van der Waals surface area contributed by atoms with E-state index in [1.54, 1.807) is 12.5 Å². The van der Waals surface area contributed by atoms with Crippen LogP contribution < -0.4 is 0 Å². The van der Waals surface area contributed by atoms with Gasteiger partial charge in [0.15, 0.2) is 0 Å². The van der Waals surface area contributed by atoms with E-state index in [9.17, 15) is 4.79 Å². The van der Waals surface area contributed by atoms with E-state index in [0.717, 1.165) is 31.6 Å². The Labute approximate surface area is 192 Å². The summed E-state index contributed by atoms with van der Waals surface area (Å²) in [4.78, 5) is 10.9. The van der Waals surface area contributed by atoms with Crippen molar-refractivity contribution in [3.63, 3.8) is 0 Å². The highest BCUT2D eigenvalue weighted by atomic mass is 16.4. The van der Waals surface area contributed by atoms with Gasteiger partial charge in [-0.1, -0.05) is 80.7 Å². The maximum absolute atomic E-state index is 10.9. The fraction of sp³-hybridized carbons (Fsp3) is 0.690. The minimum Gasteiger partial charge on any atom is -0.481 e. The predicted molar refractivity (Wildman–Crippen MR) is 135 cm³/mol. The number of rotatable bonds is 14. The molecular weight excluding hydrogens is 380 g/mol. The fourth-order valence-electron chi connectivity index (χ4n) is 4.31. The zero-order chi connectivity index (χ0) is 23.4. The molecule has 0 heterocycles. The molecule has 0 fully saturated rings. The summed E-state index contributed by atoms with van der Waals surface area (Å²) in [5, 5.41) is 8.94. The third-order valence-electron chi connectivity index (χ3n) is 7.35. The zero-order valence-corrected chi connectivity index (χ0v) is 21.3. The quantitative estimate of drug-likeness (QED) is 0.280. The van der Waals surface area contributed by atoms with Crippen molar-refractivity contribution in [3.05, 3.63) is 46.6 Å². The average molecular weight is 429 g/mol. The van der Waals surface area contributed by atoms with Crippen LogP contribution in [0, 0.1) is 23.7 Å². The topological polar surface area (TPSA) is 37.3 Å². The van der Waals surface area contributed by atoms with Gasteiger partial charge in [-0.05, 0) is 89.9 Å². The van der Waals surface area contributed by atoms with E-state index in [0.29, 0.717) is 11.8 Å². The molecule has 0 radical (unpaired) electrons. The molecule has 0 aromatic rings. The molecule has 1 rings (SSSR count). The molecule has 1 N–H and O–H groups in total. The molecule has 31 heavy (non-hydrogen) atoms. The molecule has 2 nitrogen and oxygen atoms in total. The Hall–Kier alpha value is -1.57. The van der Waals surface area contributed by atoms with Crippen molar-refractivity contribution in [1.82, 2.24) is 0 Å². The van der Waals surface area contributed by atoms with Crippen molar-refractivity contribution in [2.75, 3.05) is 0 Å². The number of carboxylic acids is 1. The Morgan fingerprint density at radius 3 is 2.29 bits per heavy atom. The standard InChI is InChI=1S/C29H48O2/c1-21(11-8-12-22(2)15-10-16-25(5)29(30)31)13-9-14-23(3)17-19-28-20-18-24(4)26(6)27(28)7/h11,15,18,20,23,25-27H,8-10,12-14,16-17,19H2,1-7H3,(H,30,31)/b21-11+,22-15+. The van der Waals surface area contributed by atoms with E-state index >= 15 is 0 Å². The Morgan fingerprint density at radius 1 is 0.968 bits per heavy atom. The van der Waals surface area contributed by atoms with Gasteiger partial charge in [0.05, 0.1) is 5.92 Å². The summed E-state index contributed by atoms with van der Waals surface area (Å²) in [5.74, 6) is 1.24. The van der Waals surface area contributed by atoms with E-state index in [-0.39, 0.29) is 5.92 Å². The van der Waals surface area contributed by atoms with Crippen molar-refractivity contribution in [3.8, 4) is 0 Å². The van der Waals surface area contributed by atoms with E-state index in [4.69, 9.17) is 5.11 Å². The van der Waals surface area contributed by atoms with Crippen LogP contribution in [-0.4, -0.2) is 11.1 Å². The van der Waals surface area contributed by atoms with Crippen LogP contribution in [0.5, 0.6) is 0 Å². The van der Waals surface area contributed by atoms with Crippen LogP contribution >= 0.6 is 0 Å². The van der Waals surface area contributed by atoms with Crippen molar-refractivity contribution in [2.24, 2.45) is 23.7 Å². The molecule has 4 atom stereocenters. The van der Waals surface area contributed by atoms with Gasteiger partial charge in [0, 0.05) is 0 Å². The van der Waals surface area contributed by atoms with Gasteiger partial charge in [0.25, 0.3) is 0 Å². The van der Waals surface area contributed by atoms with Crippen molar-refractivity contribution in [2.45, 2.75) is 106 Å². The first-order chi connectivity index (χ1) is 14.6. The Kier molecular flexibility index (Phi) is 12.8. The number of hydrogen-bond donors (Lipinski definition) is 1. The third kappa shape index (κ3) is 11.0. The second-order valence-electron chi connectivity index (χ2n) is 10.2. The molecule has 0 saturated carbocycles. The largest absolute Gasteiger partial charge is 0.481 e. The molecule has 0 bridgehead atoms. The first-order valence-corrected chi connectivity index (χ1v) is 12.5. The van der Waals surface area contributed by atoms with Gasteiger partial charge in [-0.25, -0.2) is 0 Å². The second-order valence-corrected chi connectivity index (χ2v) is 10.2. The van der Waals surface area contributed by atoms with Crippen LogP contribution in [0.15, 0.2) is 46.6 Å². The summed E-state index contributed by atoms with van der Waals surface area (Å²) < 4.78 is 0. The molecule has 0 aromatic heterocycles. The van der Waals surface area contributed by atoms with Gasteiger partial charge in [-0.3, -0.25) is 4.79 Å². The highest BCUT2D eigenvalue weighted by Gasteiger charge is 2.21. The molecular formula is C29H48O2. The van der Waals surface area contributed by atoms with Gasteiger partial charge in [-0.2, -0.15) is 0 Å². The van der Waals surface area contributed by atoms with Gasteiger partial charge in [0.1, 0.15) is 0 Å². The molecule has 0 aromatic carbocycles. The lowest BCUT2D eigenvalue weighted by Crippen LogP contribution is -2.15. The molecule has 1 aliphatic rings. The van der Waals surface area contributed by atoms with Gasteiger partial charge >= 0.3 is 5.97 Å². The molecule has 2 heteroatoms. The van der Waals surface area contributed by atoms with Gasteiger partial charge < -0.3 is 5.11 Å². The SMILES string of the molecule is CC1=CC=C(CCC(C)CCC/C(C)=C/CC/C(C)=C/CCC(C)C(=O)O)C(C)C1C. The van der Waals surface area contributed by atoms with Crippen molar-refractivity contribution in [1.29, 1.82) is 0 Å². The van der Waals surface area contributed by atoms with E-state index in [1.165, 1.54) is 48.8 Å². The monoisotopic (exact) mass is 428 g/mol. The van der Waals surface area contributed by atoms with E-state index < -0.39 is 5.97 Å². The fourth-order valence-corrected chi connectivity index (χ4v) is 4.31. The summed E-state index contributed by atoms with van der Waals surface area (Å²) in [6, 6.07) is 0. The summed E-state index contributed by atoms with van der Waals surface area (Å²) in [6.07, 6.45) is 19.5. The Balaban J connectivity index is 2.22. The number of hydrogen-bond acceptors (Lipinski definition) is 1. The second kappa shape index (κ2) is 14.5. The maximum atomic E-state index is 10.9. The number of carboxylic acid groups (broad SMARTS) is 1. The normalized spacial score (nSPS) is 22.0. The number of carbonyl (C=O) groups is 1. The highest BCUT2D eigenvalue weighted by Crippen LogP contribution is 2.34. The smallest absolute Gasteiger partial charge is 0.306 e. The molecule has 4 unspecified atom stereocenters. The lowest BCUT2D eigenvalue weighted by atomic mass is 9.78.